The van der Waals surface area contributed by atoms with Crippen LogP contribution < -0.4 is 0 Å². The lowest BCUT2D eigenvalue weighted by Crippen LogP contribution is -1.97. The molecule has 86 valence electrons. The molecule has 1 aromatic heterocycles. The average molecular weight is 280 g/mol. The van der Waals surface area contributed by atoms with Gasteiger partial charge in [-0.05, 0) is 23.6 Å². The molecule has 0 saturated carbocycles. The fraction of sp³-hybridized carbons (Fsp3) is 0. The molecular weight excluding hydrogens is 272 g/mol. The first-order valence-corrected chi connectivity index (χ1v) is 8.24. The van der Waals surface area contributed by atoms with Gasteiger partial charge in [0.2, 0.25) is 0 Å². The van der Waals surface area contributed by atoms with E-state index in [2.05, 4.69) is 0 Å². The Kier molecular flexibility index (Phi) is 2.82. The predicted octanol–water partition coefficient (Wildman–Crippen LogP) is 2.90. The first-order valence-electron chi connectivity index (χ1n) is 4.94. The Bertz CT molecular complexity index is 631. The van der Waals surface area contributed by atoms with Crippen LogP contribution in [0.3, 0.4) is 0 Å². The van der Waals surface area contributed by atoms with Crippen LogP contribution in [0, 0.1) is 0 Å². The molecule has 0 fully saturated rings. The molecule has 2 unspecified atom stereocenters. The van der Waals surface area contributed by atoms with E-state index in [0.29, 0.717) is 9.81 Å². The highest BCUT2D eigenvalue weighted by atomic mass is 32.2. The van der Waals surface area contributed by atoms with Crippen molar-refractivity contribution in [2.24, 2.45) is 0 Å². The van der Waals surface area contributed by atoms with Gasteiger partial charge in [0, 0.05) is 21.3 Å². The maximum Gasteiger partial charge on any atom is 0.0795 e. The molecule has 5 heteroatoms. The Balaban J connectivity index is 2.15. The monoisotopic (exact) mass is 280 g/mol. The normalized spacial score (nSPS) is 26.9. The fourth-order valence-electron chi connectivity index (χ4n) is 1.75. The number of rotatable bonds is 2. The zero-order valence-corrected chi connectivity index (χ0v) is 11.1. The summed E-state index contributed by atoms with van der Waals surface area (Å²) in [5.74, 6) is 0. The van der Waals surface area contributed by atoms with Crippen molar-refractivity contribution in [1.29, 1.82) is 0 Å². The van der Waals surface area contributed by atoms with Crippen molar-refractivity contribution >= 4 is 38.5 Å². The lowest BCUT2D eigenvalue weighted by Gasteiger charge is -2.05. The van der Waals surface area contributed by atoms with Gasteiger partial charge in [0.15, 0.2) is 0 Å². The van der Waals surface area contributed by atoms with Gasteiger partial charge in [-0.15, -0.1) is 11.3 Å². The summed E-state index contributed by atoms with van der Waals surface area (Å²) in [4.78, 5) is 2.42. The molecule has 2 nitrogen and oxygen atoms in total. The lowest BCUT2D eigenvalue weighted by atomic mass is 10.2. The summed E-state index contributed by atoms with van der Waals surface area (Å²) < 4.78 is 23.8. The van der Waals surface area contributed by atoms with E-state index in [4.69, 9.17) is 0 Å². The Morgan fingerprint density at radius 1 is 1.12 bits per heavy atom. The summed E-state index contributed by atoms with van der Waals surface area (Å²) >= 11 is 1.60. The molecule has 0 N–H and O–H groups in total. The zero-order valence-electron chi connectivity index (χ0n) is 8.66. The molecule has 2 aliphatic heterocycles. The maximum absolute atomic E-state index is 12.0. The van der Waals surface area contributed by atoms with Crippen LogP contribution in [-0.4, -0.2) is 8.42 Å². The van der Waals surface area contributed by atoms with Crippen LogP contribution in [0.15, 0.2) is 56.4 Å². The third-order valence-electron chi connectivity index (χ3n) is 2.48. The summed E-state index contributed by atoms with van der Waals surface area (Å²) in [6.07, 6.45) is 5.39. The van der Waals surface area contributed by atoms with Gasteiger partial charge in [-0.3, -0.25) is 0 Å². The molecular formula is C12H8O2S3. The molecule has 0 saturated heterocycles. The van der Waals surface area contributed by atoms with Gasteiger partial charge < -0.3 is 0 Å². The minimum Gasteiger partial charge on any atom is -0.250 e. The molecule has 2 aliphatic rings. The molecule has 0 radical (unpaired) electrons. The second-order valence-electron chi connectivity index (χ2n) is 3.48. The average Bonchev–Trinajstić information content (AvgIpc) is 2.98. The van der Waals surface area contributed by atoms with Crippen LogP contribution in [0.5, 0.6) is 0 Å². The Labute approximate surface area is 108 Å². The highest BCUT2D eigenvalue weighted by Gasteiger charge is 2.25. The Hall–Kier alpha value is -1.04. The molecule has 17 heavy (non-hydrogen) atoms. The summed E-state index contributed by atoms with van der Waals surface area (Å²) in [6.45, 7) is 0. The third-order valence-corrected chi connectivity index (χ3v) is 5.92. The van der Waals surface area contributed by atoms with Gasteiger partial charge in [0.05, 0.1) is 31.4 Å². The zero-order chi connectivity index (χ0) is 11.8. The SMILES string of the molecule is O=S1C=CC=C1C1=C(c2cccs2)C=CS1=O. The van der Waals surface area contributed by atoms with Gasteiger partial charge in [0.25, 0.3) is 0 Å². The van der Waals surface area contributed by atoms with Crippen molar-refractivity contribution in [2.45, 2.75) is 0 Å². The minimum absolute atomic E-state index is 0.664. The molecule has 3 rings (SSSR count). The molecule has 1 aromatic rings. The van der Waals surface area contributed by atoms with Crippen LogP contribution in [0.1, 0.15) is 4.88 Å². The van der Waals surface area contributed by atoms with Gasteiger partial charge in [-0.1, -0.05) is 12.1 Å². The summed E-state index contributed by atoms with van der Waals surface area (Å²) in [5.41, 5.74) is 0.932. The number of hydrogen-bond acceptors (Lipinski definition) is 3. The van der Waals surface area contributed by atoms with E-state index in [1.165, 1.54) is 0 Å². The highest BCUT2D eigenvalue weighted by molar-refractivity contribution is 7.97. The fourth-order valence-corrected chi connectivity index (χ4v) is 4.99. The van der Waals surface area contributed by atoms with Crippen LogP contribution in [0.4, 0.5) is 0 Å². The first kappa shape index (κ1) is 11.1. The van der Waals surface area contributed by atoms with Crippen molar-refractivity contribution in [3.63, 3.8) is 0 Å². The maximum atomic E-state index is 12.0. The van der Waals surface area contributed by atoms with Gasteiger partial charge in [-0.25, -0.2) is 8.42 Å². The molecule has 0 amide bonds. The highest BCUT2D eigenvalue weighted by Crippen LogP contribution is 2.37. The van der Waals surface area contributed by atoms with Crippen LogP contribution >= 0.6 is 11.3 Å². The standard InChI is InChI=1S/C12H8O2S3/c13-16-7-2-4-11(16)12-9(5-8-17(12)14)10-3-1-6-15-10/h1-8H. The minimum atomic E-state index is -1.18. The van der Waals surface area contributed by atoms with Crippen molar-refractivity contribution in [1.82, 2.24) is 0 Å². The van der Waals surface area contributed by atoms with E-state index in [1.807, 2.05) is 23.6 Å². The van der Waals surface area contributed by atoms with Crippen LogP contribution in [-0.2, 0) is 21.6 Å². The molecule has 0 aliphatic carbocycles. The molecule has 2 atom stereocenters. The first-order chi connectivity index (χ1) is 8.27. The largest absolute Gasteiger partial charge is 0.250 e. The van der Waals surface area contributed by atoms with Gasteiger partial charge in [-0.2, -0.15) is 0 Å². The molecule has 3 heterocycles. The van der Waals surface area contributed by atoms with E-state index in [1.54, 1.807) is 34.3 Å². The van der Waals surface area contributed by atoms with Gasteiger partial charge >= 0.3 is 0 Å². The van der Waals surface area contributed by atoms with Crippen LogP contribution in [0.25, 0.3) is 5.57 Å². The second kappa shape index (κ2) is 4.33. The van der Waals surface area contributed by atoms with Crippen molar-refractivity contribution in [3.8, 4) is 0 Å². The lowest BCUT2D eigenvalue weighted by molar-refractivity contribution is 0.689. The number of allylic oxidation sites excluding steroid dienone is 4. The Morgan fingerprint density at radius 2 is 2.00 bits per heavy atom. The van der Waals surface area contributed by atoms with E-state index >= 15 is 0 Å². The van der Waals surface area contributed by atoms with E-state index in [9.17, 15) is 8.42 Å². The smallest absolute Gasteiger partial charge is 0.0795 e. The topological polar surface area (TPSA) is 34.1 Å². The van der Waals surface area contributed by atoms with E-state index in [-0.39, 0.29) is 0 Å². The van der Waals surface area contributed by atoms with E-state index < -0.39 is 21.6 Å². The Morgan fingerprint density at radius 3 is 2.65 bits per heavy atom. The number of hydrogen-bond donors (Lipinski definition) is 0. The molecule has 0 spiro atoms. The molecule has 0 bridgehead atoms. The van der Waals surface area contributed by atoms with E-state index in [0.717, 1.165) is 10.5 Å². The summed E-state index contributed by atoms with van der Waals surface area (Å²) in [5, 5.41) is 5.25. The summed E-state index contributed by atoms with van der Waals surface area (Å²) in [6, 6.07) is 3.94. The van der Waals surface area contributed by atoms with Crippen molar-refractivity contribution < 1.29 is 8.42 Å². The van der Waals surface area contributed by atoms with Crippen molar-refractivity contribution in [2.75, 3.05) is 0 Å². The number of thiophene rings is 1. The van der Waals surface area contributed by atoms with Crippen molar-refractivity contribution in [3.05, 3.63) is 61.2 Å². The second-order valence-corrected chi connectivity index (χ2v) is 7.01. The molecule has 0 aromatic carbocycles. The summed E-state index contributed by atoms with van der Waals surface area (Å²) in [7, 11) is -2.34. The predicted molar refractivity (Wildman–Crippen MR) is 73.9 cm³/mol. The van der Waals surface area contributed by atoms with Gasteiger partial charge in [0.1, 0.15) is 0 Å². The third kappa shape index (κ3) is 1.84. The van der Waals surface area contributed by atoms with Crippen LogP contribution in [0.2, 0.25) is 0 Å². The quantitative estimate of drug-likeness (QED) is 0.834.